The van der Waals surface area contributed by atoms with Crippen LogP contribution in [0.15, 0.2) is 75.9 Å². The zero-order valence-corrected chi connectivity index (χ0v) is 17.6. The highest BCUT2D eigenvalue weighted by Crippen LogP contribution is 2.35. The minimum absolute atomic E-state index is 0.322. The quantitative estimate of drug-likeness (QED) is 0.434. The number of hydrogen-bond acceptors (Lipinski definition) is 5. The highest BCUT2D eigenvalue weighted by molar-refractivity contribution is 5.90. The maximum atomic E-state index is 12.9. The number of aryl methyl sites for hydroxylation is 1. The van der Waals surface area contributed by atoms with Crippen molar-refractivity contribution in [3.63, 3.8) is 0 Å². The molecule has 1 aliphatic heterocycles. The molecule has 0 saturated carbocycles. The van der Waals surface area contributed by atoms with Gasteiger partial charge in [0.05, 0.1) is 18.2 Å². The molecule has 0 radical (unpaired) electrons. The Morgan fingerprint density at radius 2 is 1.77 bits per heavy atom. The fraction of sp³-hybridized carbons (Fsp3) is 0.192. The van der Waals surface area contributed by atoms with Crippen molar-refractivity contribution in [2.45, 2.75) is 20.0 Å². The van der Waals surface area contributed by atoms with Crippen LogP contribution in [0.25, 0.3) is 22.1 Å². The van der Waals surface area contributed by atoms with Gasteiger partial charge in [-0.3, -0.25) is 4.90 Å². The van der Waals surface area contributed by atoms with E-state index in [1.54, 1.807) is 7.11 Å². The number of fused-ring (bicyclic) bond motifs is 3. The minimum Gasteiger partial charge on any atom is -0.497 e. The lowest BCUT2D eigenvalue weighted by molar-refractivity contribution is 0.0889. The first-order valence-electron chi connectivity index (χ1n) is 10.3. The van der Waals surface area contributed by atoms with E-state index in [1.165, 1.54) is 0 Å². The molecule has 5 heteroatoms. The molecule has 2 heterocycles. The van der Waals surface area contributed by atoms with E-state index in [0.29, 0.717) is 24.4 Å². The molecule has 5 nitrogen and oxygen atoms in total. The molecule has 1 aliphatic rings. The number of benzene rings is 3. The zero-order valence-electron chi connectivity index (χ0n) is 17.6. The second-order valence-corrected chi connectivity index (χ2v) is 7.78. The predicted octanol–water partition coefficient (Wildman–Crippen LogP) is 5.13. The van der Waals surface area contributed by atoms with Crippen LogP contribution in [0.1, 0.15) is 16.7 Å². The molecule has 0 unspecified atom stereocenters. The zero-order chi connectivity index (χ0) is 21.4. The molecular weight excluding hydrogens is 390 g/mol. The van der Waals surface area contributed by atoms with E-state index in [0.717, 1.165) is 45.7 Å². The average molecular weight is 413 g/mol. The molecule has 31 heavy (non-hydrogen) atoms. The van der Waals surface area contributed by atoms with Crippen molar-refractivity contribution >= 4 is 11.0 Å². The molecule has 4 aromatic rings. The predicted molar refractivity (Wildman–Crippen MR) is 120 cm³/mol. The monoisotopic (exact) mass is 413 g/mol. The fourth-order valence-corrected chi connectivity index (χ4v) is 4.20. The Morgan fingerprint density at radius 3 is 2.52 bits per heavy atom. The van der Waals surface area contributed by atoms with Gasteiger partial charge in [0, 0.05) is 18.5 Å². The fourth-order valence-electron chi connectivity index (χ4n) is 4.20. The lowest BCUT2D eigenvalue weighted by atomic mass is 9.97. The summed E-state index contributed by atoms with van der Waals surface area (Å²) in [6.07, 6.45) is 0. The van der Waals surface area contributed by atoms with Gasteiger partial charge in [0.1, 0.15) is 23.8 Å². The maximum Gasteiger partial charge on any atom is 0.344 e. The van der Waals surface area contributed by atoms with Crippen LogP contribution in [-0.2, 0) is 13.1 Å². The van der Waals surface area contributed by atoms with Crippen molar-refractivity contribution in [1.29, 1.82) is 0 Å². The van der Waals surface area contributed by atoms with Crippen molar-refractivity contribution in [2.75, 3.05) is 13.8 Å². The van der Waals surface area contributed by atoms with E-state index in [-0.39, 0.29) is 5.63 Å². The molecule has 0 atom stereocenters. The first-order chi connectivity index (χ1) is 15.1. The van der Waals surface area contributed by atoms with Gasteiger partial charge in [-0.15, -0.1) is 0 Å². The number of methoxy groups -OCH3 is 1. The van der Waals surface area contributed by atoms with E-state index in [4.69, 9.17) is 13.9 Å². The Hall–Kier alpha value is -3.57. The van der Waals surface area contributed by atoms with Gasteiger partial charge in [-0.1, -0.05) is 42.5 Å². The van der Waals surface area contributed by atoms with Crippen molar-refractivity contribution in [2.24, 2.45) is 0 Å². The van der Waals surface area contributed by atoms with E-state index in [1.807, 2.05) is 73.7 Å². The van der Waals surface area contributed by atoms with Gasteiger partial charge in [-0.2, -0.15) is 0 Å². The largest absolute Gasteiger partial charge is 0.497 e. The van der Waals surface area contributed by atoms with Crippen LogP contribution in [0.3, 0.4) is 0 Å². The number of hydrogen-bond donors (Lipinski definition) is 0. The van der Waals surface area contributed by atoms with E-state index in [9.17, 15) is 4.79 Å². The smallest absolute Gasteiger partial charge is 0.344 e. The summed E-state index contributed by atoms with van der Waals surface area (Å²) in [5, 5.41) is 0.937. The molecular formula is C26H23NO4. The Bertz CT molecular complexity index is 1290. The molecule has 0 aliphatic carbocycles. The molecule has 0 N–H and O–H groups in total. The van der Waals surface area contributed by atoms with Crippen LogP contribution in [0, 0.1) is 6.92 Å². The Kier molecular flexibility index (Phi) is 4.96. The molecule has 0 fully saturated rings. The lowest BCUT2D eigenvalue weighted by Gasteiger charge is -2.29. The summed E-state index contributed by atoms with van der Waals surface area (Å²) < 4.78 is 17.1. The molecule has 3 aromatic carbocycles. The summed E-state index contributed by atoms with van der Waals surface area (Å²) in [5.41, 5.74) is 4.77. The highest BCUT2D eigenvalue weighted by Gasteiger charge is 2.23. The average Bonchev–Trinajstić information content (AvgIpc) is 2.80. The van der Waals surface area contributed by atoms with Crippen LogP contribution in [-0.4, -0.2) is 18.7 Å². The topological polar surface area (TPSA) is 51.9 Å². The van der Waals surface area contributed by atoms with Gasteiger partial charge in [-0.25, -0.2) is 4.79 Å². The minimum atomic E-state index is -0.322. The summed E-state index contributed by atoms with van der Waals surface area (Å²) >= 11 is 0. The van der Waals surface area contributed by atoms with Crippen LogP contribution in [0.5, 0.6) is 11.5 Å². The van der Waals surface area contributed by atoms with Crippen molar-refractivity contribution in [3.8, 4) is 22.6 Å². The SMILES string of the molecule is COc1ccc(CN2COc3ccc4c(C)c(-c5ccccc5)c(=O)oc4c3C2)cc1. The summed E-state index contributed by atoms with van der Waals surface area (Å²) in [6, 6.07) is 21.6. The van der Waals surface area contributed by atoms with Crippen LogP contribution >= 0.6 is 0 Å². The highest BCUT2D eigenvalue weighted by atomic mass is 16.5. The van der Waals surface area contributed by atoms with Gasteiger partial charge in [-0.05, 0) is 47.9 Å². The van der Waals surface area contributed by atoms with E-state index in [2.05, 4.69) is 4.90 Å². The van der Waals surface area contributed by atoms with Crippen LogP contribution in [0.4, 0.5) is 0 Å². The second-order valence-electron chi connectivity index (χ2n) is 7.78. The third kappa shape index (κ3) is 3.57. The lowest BCUT2D eigenvalue weighted by Crippen LogP contribution is -2.31. The molecule has 0 spiro atoms. The van der Waals surface area contributed by atoms with Crippen LogP contribution < -0.4 is 15.1 Å². The molecule has 1 aromatic heterocycles. The van der Waals surface area contributed by atoms with Crippen molar-refractivity contribution in [3.05, 3.63) is 93.8 Å². The number of rotatable bonds is 4. The Balaban J connectivity index is 1.52. The standard InChI is InChI=1S/C26H23NO4/c1-17-21-12-13-23-22(25(21)31-26(28)24(17)19-6-4-3-5-7-19)15-27(16-30-23)14-18-8-10-20(29-2)11-9-18/h3-13H,14-16H2,1-2H3. The second kappa shape index (κ2) is 7.93. The number of nitrogens with zero attached hydrogens (tertiary/aromatic N) is 1. The summed E-state index contributed by atoms with van der Waals surface area (Å²) in [6.45, 7) is 3.83. The summed E-state index contributed by atoms with van der Waals surface area (Å²) in [4.78, 5) is 15.1. The molecule has 0 amide bonds. The van der Waals surface area contributed by atoms with Crippen molar-refractivity contribution in [1.82, 2.24) is 4.90 Å². The number of ether oxygens (including phenoxy) is 2. The third-order valence-electron chi connectivity index (χ3n) is 5.81. The summed E-state index contributed by atoms with van der Waals surface area (Å²) in [7, 11) is 1.66. The third-order valence-corrected chi connectivity index (χ3v) is 5.81. The van der Waals surface area contributed by atoms with Gasteiger partial charge >= 0.3 is 5.63 Å². The van der Waals surface area contributed by atoms with Gasteiger partial charge in [0.25, 0.3) is 0 Å². The van der Waals surface area contributed by atoms with Gasteiger partial charge < -0.3 is 13.9 Å². The van der Waals surface area contributed by atoms with Crippen molar-refractivity contribution < 1.29 is 13.9 Å². The molecule has 5 rings (SSSR count). The van der Waals surface area contributed by atoms with Gasteiger partial charge in [0.15, 0.2) is 0 Å². The maximum absolute atomic E-state index is 12.9. The van der Waals surface area contributed by atoms with E-state index < -0.39 is 0 Å². The molecule has 156 valence electrons. The Labute approximate surface area is 180 Å². The van der Waals surface area contributed by atoms with Crippen LogP contribution in [0.2, 0.25) is 0 Å². The van der Waals surface area contributed by atoms with Gasteiger partial charge in [0.2, 0.25) is 0 Å². The molecule has 0 saturated heterocycles. The summed E-state index contributed by atoms with van der Waals surface area (Å²) in [5.74, 6) is 1.61. The van der Waals surface area contributed by atoms with E-state index >= 15 is 0 Å². The molecule has 0 bridgehead atoms. The normalized spacial score (nSPS) is 13.6. The first-order valence-corrected chi connectivity index (χ1v) is 10.3. The first kappa shape index (κ1) is 19.4. The Morgan fingerprint density at radius 1 is 1.00 bits per heavy atom.